The number of allylic oxidation sites excluding steroid dienone is 2. The third-order valence-corrected chi connectivity index (χ3v) is 4.43. The molecule has 29 heavy (non-hydrogen) atoms. The van der Waals surface area contributed by atoms with E-state index in [4.69, 9.17) is 4.74 Å². The van der Waals surface area contributed by atoms with Crippen LogP contribution in [0.1, 0.15) is 35.2 Å². The van der Waals surface area contributed by atoms with Crippen molar-refractivity contribution >= 4 is 23.1 Å². The lowest BCUT2D eigenvalue weighted by Gasteiger charge is -2.19. The quantitative estimate of drug-likeness (QED) is 0.735. The number of amides is 1. The van der Waals surface area contributed by atoms with Crippen molar-refractivity contribution in [3.05, 3.63) is 65.4 Å². The van der Waals surface area contributed by atoms with Gasteiger partial charge in [-0.25, -0.2) is 0 Å². The van der Waals surface area contributed by atoms with Crippen LogP contribution in [0.2, 0.25) is 0 Å². The van der Waals surface area contributed by atoms with E-state index in [1.807, 2.05) is 0 Å². The van der Waals surface area contributed by atoms with Crippen LogP contribution in [0.4, 0.5) is 24.5 Å². The summed E-state index contributed by atoms with van der Waals surface area (Å²) in [5, 5.41) is 5.25. The molecular weight excluding hydrogens is 385 g/mol. The molecule has 1 amide bonds. The van der Waals surface area contributed by atoms with Gasteiger partial charge in [-0.2, -0.15) is 13.2 Å². The summed E-state index contributed by atoms with van der Waals surface area (Å²) >= 11 is 0. The van der Waals surface area contributed by atoms with Crippen LogP contribution in [-0.4, -0.2) is 18.8 Å². The van der Waals surface area contributed by atoms with E-state index in [2.05, 4.69) is 10.6 Å². The summed E-state index contributed by atoms with van der Waals surface area (Å²) in [7, 11) is 1.50. The Morgan fingerprint density at radius 2 is 1.79 bits per heavy atom. The molecule has 0 radical (unpaired) electrons. The largest absolute Gasteiger partial charge is 0.497 e. The Morgan fingerprint density at radius 1 is 1.07 bits per heavy atom. The Labute approximate surface area is 165 Å². The minimum Gasteiger partial charge on any atom is -0.497 e. The number of hydrogen-bond acceptors (Lipinski definition) is 4. The molecule has 2 aromatic carbocycles. The highest BCUT2D eigenvalue weighted by Crippen LogP contribution is 2.36. The Morgan fingerprint density at radius 3 is 2.41 bits per heavy atom. The normalized spacial score (nSPS) is 14.2. The SMILES string of the molecule is COc1ccc(NC(=O)c2ccc(NC3=CC(=O)CCC3)c(C(F)(F)F)c2)cc1. The molecular formula is C21H19F3N2O3. The predicted octanol–water partition coefficient (Wildman–Crippen LogP) is 5.02. The maximum atomic E-state index is 13.6. The fraction of sp³-hybridized carbons (Fsp3) is 0.238. The zero-order valence-corrected chi connectivity index (χ0v) is 15.6. The molecule has 2 aromatic rings. The Balaban J connectivity index is 1.84. The van der Waals surface area contributed by atoms with Crippen LogP contribution in [0.25, 0.3) is 0 Å². The van der Waals surface area contributed by atoms with Gasteiger partial charge in [0, 0.05) is 29.4 Å². The number of carbonyl (C=O) groups excluding carboxylic acids is 2. The number of hydrogen-bond donors (Lipinski definition) is 2. The maximum absolute atomic E-state index is 13.6. The van der Waals surface area contributed by atoms with Gasteiger partial charge in [0.15, 0.2) is 5.78 Å². The van der Waals surface area contributed by atoms with Crippen LogP contribution >= 0.6 is 0 Å². The topological polar surface area (TPSA) is 67.4 Å². The van der Waals surface area contributed by atoms with Crippen molar-refractivity contribution in [2.45, 2.75) is 25.4 Å². The third-order valence-electron chi connectivity index (χ3n) is 4.43. The average Bonchev–Trinajstić information content (AvgIpc) is 2.68. The smallest absolute Gasteiger partial charge is 0.418 e. The summed E-state index contributed by atoms with van der Waals surface area (Å²) in [5.74, 6) is -0.199. The van der Waals surface area contributed by atoms with Gasteiger partial charge in [-0.3, -0.25) is 9.59 Å². The van der Waals surface area contributed by atoms with Crippen LogP contribution in [0, 0.1) is 0 Å². The van der Waals surface area contributed by atoms with E-state index in [0.717, 1.165) is 6.07 Å². The zero-order chi connectivity index (χ0) is 21.0. The lowest BCUT2D eigenvalue weighted by Crippen LogP contribution is -2.17. The average molecular weight is 404 g/mol. The summed E-state index contributed by atoms with van der Waals surface area (Å²) in [6, 6.07) is 9.74. The second-order valence-corrected chi connectivity index (χ2v) is 6.56. The van der Waals surface area contributed by atoms with E-state index in [1.54, 1.807) is 24.3 Å². The summed E-state index contributed by atoms with van der Waals surface area (Å²) < 4.78 is 45.7. The number of alkyl halides is 3. The Bertz CT molecular complexity index is 951. The Kier molecular flexibility index (Phi) is 5.91. The third kappa shape index (κ3) is 5.16. The zero-order valence-electron chi connectivity index (χ0n) is 15.6. The first-order valence-corrected chi connectivity index (χ1v) is 8.93. The van der Waals surface area contributed by atoms with Gasteiger partial charge in [0.2, 0.25) is 0 Å². The molecule has 0 saturated heterocycles. The van der Waals surface area contributed by atoms with Gasteiger partial charge in [0.25, 0.3) is 5.91 Å². The van der Waals surface area contributed by atoms with E-state index in [1.165, 1.54) is 25.3 Å². The molecule has 3 rings (SSSR count). The number of halogens is 3. The van der Waals surface area contributed by atoms with E-state index >= 15 is 0 Å². The molecule has 0 heterocycles. The number of methoxy groups -OCH3 is 1. The van der Waals surface area contributed by atoms with E-state index in [-0.39, 0.29) is 17.0 Å². The first-order chi connectivity index (χ1) is 13.8. The predicted molar refractivity (Wildman–Crippen MR) is 103 cm³/mol. The molecule has 2 N–H and O–H groups in total. The number of carbonyl (C=O) groups is 2. The highest BCUT2D eigenvalue weighted by atomic mass is 19.4. The van der Waals surface area contributed by atoms with E-state index in [0.29, 0.717) is 36.4 Å². The molecule has 0 aliphatic heterocycles. The summed E-state index contributed by atoms with van der Waals surface area (Å²) in [4.78, 5) is 23.9. The maximum Gasteiger partial charge on any atom is 0.418 e. The van der Waals surface area contributed by atoms with E-state index < -0.39 is 17.6 Å². The molecule has 5 nitrogen and oxygen atoms in total. The summed E-state index contributed by atoms with van der Waals surface area (Å²) in [6.45, 7) is 0. The second kappa shape index (κ2) is 8.38. The molecule has 152 valence electrons. The van der Waals surface area contributed by atoms with Gasteiger partial charge < -0.3 is 15.4 Å². The van der Waals surface area contributed by atoms with Crippen molar-refractivity contribution < 1.29 is 27.5 Å². The minimum atomic E-state index is -4.67. The molecule has 0 spiro atoms. The molecule has 0 atom stereocenters. The van der Waals surface area contributed by atoms with Crippen LogP contribution < -0.4 is 15.4 Å². The monoisotopic (exact) mass is 404 g/mol. The Hall–Kier alpha value is -3.29. The van der Waals surface area contributed by atoms with Gasteiger partial charge in [-0.15, -0.1) is 0 Å². The van der Waals surface area contributed by atoms with Gasteiger partial charge in [0.1, 0.15) is 5.75 Å². The molecule has 0 fully saturated rings. The van der Waals surface area contributed by atoms with Gasteiger partial charge >= 0.3 is 6.18 Å². The number of benzene rings is 2. The molecule has 1 aliphatic carbocycles. The van der Waals surface area contributed by atoms with Gasteiger partial charge in [-0.1, -0.05) is 0 Å². The number of anilines is 2. The minimum absolute atomic E-state index is 0.122. The van der Waals surface area contributed by atoms with Crippen LogP contribution in [0.5, 0.6) is 5.75 Å². The van der Waals surface area contributed by atoms with Gasteiger partial charge in [-0.05, 0) is 55.3 Å². The lowest BCUT2D eigenvalue weighted by atomic mass is 10.0. The molecule has 0 aromatic heterocycles. The van der Waals surface area contributed by atoms with Crippen molar-refractivity contribution in [1.82, 2.24) is 0 Å². The molecule has 8 heteroatoms. The number of ether oxygens (including phenoxy) is 1. The molecule has 0 unspecified atom stereocenters. The first kappa shape index (κ1) is 20.4. The molecule has 0 bridgehead atoms. The van der Waals surface area contributed by atoms with Crippen molar-refractivity contribution in [3.8, 4) is 5.75 Å². The first-order valence-electron chi connectivity index (χ1n) is 8.93. The molecule has 0 saturated carbocycles. The highest BCUT2D eigenvalue weighted by molar-refractivity contribution is 6.04. The van der Waals surface area contributed by atoms with E-state index in [9.17, 15) is 22.8 Å². The van der Waals surface area contributed by atoms with Crippen LogP contribution in [-0.2, 0) is 11.0 Å². The summed E-state index contributed by atoms with van der Waals surface area (Å²) in [6.07, 6.45) is -1.88. The van der Waals surface area contributed by atoms with Gasteiger partial charge in [0.05, 0.1) is 18.4 Å². The van der Waals surface area contributed by atoms with Crippen LogP contribution in [0.15, 0.2) is 54.2 Å². The second-order valence-electron chi connectivity index (χ2n) is 6.56. The standard InChI is InChI=1S/C21H19F3N2O3/c1-29-17-8-6-14(7-9-17)26-20(28)13-5-10-19(18(11-13)21(22,23)24)25-15-3-2-4-16(27)12-15/h5-12,25H,2-4H2,1H3,(H,26,28). The van der Waals surface area contributed by atoms with Crippen molar-refractivity contribution in [3.63, 3.8) is 0 Å². The fourth-order valence-electron chi connectivity index (χ4n) is 2.97. The summed E-state index contributed by atoms with van der Waals surface area (Å²) in [5.41, 5.74) is -0.440. The number of ketones is 1. The molecule has 1 aliphatic rings. The van der Waals surface area contributed by atoms with Crippen molar-refractivity contribution in [1.29, 1.82) is 0 Å². The number of rotatable bonds is 5. The van der Waals surface area contributed by atoms with Crippen LogP contribution in [0.3, 0.4) is 0 Å². The van der Waals surface area contributed by atoms with Crippen molar-refractivity contribution in [2.75, 3.05) is 17.7 Å². The lowest BCUT2D eigenvalue weighted by molar-refractivity contribution is -0.137. The highest BCUT2D eigenvalue weighted by Gasteiger charge is 2.34. The van der Waals surface area contributed by atoms with Crippen molar-refractivity contribution in [2.24, 2.45) is 0 Å². The number of nitrogens with one attached hydrogen (secondary N) is 2. The fourth-order valence-corrected chi connectivity index (χ4v) is 2.97.